The lowest BCUT2D eigenvalue weighted by molar-refractivity contribution is 0.970. The first-order valence-electron chi connectivity index (χ1n) is 6.51. The maximum absolute atomic E-state index is 6.16. The van der Waals surface area contributed by atoms with Gasteiger partial charge in [-0.3, -0.25) is 4.57 Å². The van der Waals surface area contributed by atoms with Gasteiger partial charge in [0.2, 0.25) is 0 Å². The Hall–Kier alpha value is -1.22. The Kier molecular flexibility index (Phi) is 3.87. The van der Waals surface area contributed by atoms with Gasteiger partial charge in [0.15, 0.2) is 0 Å². The molecular formula is C16H13Cl3N2. The van der Waals surface area contributed by atoms with Crippen LogP contribution in [-0.2, 0) is 5.88 Å². The highest BCUT2D eigenvalue weighted by Crippen LogP contribution is 2.31. The van der Waals surface area contributed by atoms with Crippen LogP contribution in [0, 0.1) is 13.8 Å². The maximum atomic E-state index is 6.16. The Morgan fingerprint density at radius 2 is 1.76 bits per heavy atom. The third-order valence-corrected chi connectivity index (χ3v) is 4.45. The number of hydrogen-bond acceptors (Lipinski definition) is 1. The zero-order valence-electron chi connectivity index (χ0n) is 11.6. The zero-order chi connectivity index (χ0) is 15.1. The minimum absolute atomic E-state index is 0.317. The summed E-state index contributed by atoms with van der Waals surface area (Å²) in [4.78, 5) is 4.57. The lowest BCUT2D eigenvalue weighted by Crippen LogP contribution is -2.02. The van der Waals surface area contributed by atoms with E-state index < -0.39 is 0 Å². The molecule has 1 heterocycles. The van der Waals surface area contributed by atoms with Crippen LogP contribution in [-0.4, -0.2) is 9.55 Å². The van der Waals surface area contributed by atoms with Crippen LogP contribution in [0.25, 0.3) is 16.7 Å². The summed E-state index contributed by atoms with van der Waals surface area (Å²) in [5.74, 6) is 1.09. The summed E-state index contributed by atoms with van der Waals surface area (Å²) in [6.45, 7) is 4.13. The number of hydrogen-bond donors (Lipinski definition) is 0. The van der Waals surface area contributed by atoms with E-state index in [4.69, 9.17) is 34.8 Å². The molecule has 108 valence electrons. The lowest BCUT2D eigenvalue weighted by Gasteiger charge is -2.12. The summed E-state index contributed by atoms with van der Waals surface area (Å²) < 4.78 is 2.05. The summed E-state index contributed by atoms with van der Waals surface area (Å²) in [6.07, 6.45) is 0. The van der Waals surface area contributed by atoms with Gasteiger partial charge in [-0.1, -0.05) is 35.3 Å². The van der Waals surface area contributed by atoms with Crippen molar-refractivity contribution in [2.75, 3.05) is 0 Å². The van der Waals surface area contributed by atoms with E-state index in [0.717, 1.165) is 28.1 Å². The molecule has 5 heteroatoms. The Bertz CT molecular complexity index is 837. The standard InChI is InChI=1S/C16H13Cl3N2/c1-9-3-4-10(2)14(5-9)21-15-7-12(19)11(18)6-13(15)20-16(21)8-17/h3-7H,8H2,1-2H3. The van der Waals surface area contributed by atoms with Gasteiger partial charge in [0, 0.05) is 0 Å². The van der Waals surface area contributed by atoms with Crippen molar-refractivity contribution in [1.82, 2.24) is 9.55 Å². The summed E-state index contributed by atoms with van der Waals surface area (Å²) >= 11 is 18.3. The van der Waals surface area contributed by atoms with Crippen molar-refractivity contribution in [3.05, 3.63) is 57.3 Å². The molecule has 0 unspecified atom stereocenters. The quantitative estimate of drug-likeness (QED) is 0.549. The molecule has 3 rings (SSSR count). The van der Waals surface area contributed by atoms with Crippen molar-refractivity contribution in [1.29, 1.82) is 0 Å². The van der Waals surface area contributed by atoms with E-state index in [1.54, 1.807) is 6.07 Å². The lowest BCUT2D eigenvalue weighted by atomic mass is 10.1. The molecule has 0 saturated carbocycles. The second-order valence-electron chi connectivity index (χ2n) is 5.04. The number of benzene rings is 2. The van der Waals surface area contributed by atoms with E-state index >= 15 is 0 Å². The second kappa shape index (κ2) is 5.53. The number of imidazole rings is 1. The largest absolute Gasteiger partial charge is 0.295 e. The fraction of sp³-hybridized carbons (Fsp3) is 0.188. The highest BCUT2D eigenvalue weighted by Gasteiger charge is 2.15. The van der Waals surface area contributed by atoms with Crippen LogP contribution >= 0.6 is 34.8 Å². The number of nitrogens with zero attached hydrogens (tertiary/aromatic N) is 2. The van der Waals surface area contributed by atoms with Gasteiger partial charge in [-0.15, -0.1) is 11.6 Å². The van der Waals surface area contributed by atoms with Gasteiger partial charge >= 0.3 is 0 Å². The number of aromatic nitrogens is 2. The molecule has 0 atom stereocenters. The second-order valence-corrected chi connectivity index (χ2v) is 6.12. The average Bonchev–Trinajstić information content (AvgIpc) is 2.79. The highest BCUT2D eigenvalue weighted by atomic mass is 35.5. The topological polar surface area (TPSA) is 17.8 Å². The van der Waals surface area contributed by atoms with Gasteiger partial charge in [0.1, 0.15) is 5.82 Å². The molecule has 0 aliphatic carbocycles. The molecule has 0 saturated heterocycles. The number of alkyl halides is 1. The van der Waals surface area contributed by atoms with Crippen molar-refractivity contribution in [2.45, 2.75) is 19.7 Å². The molecular weight excluding hydrogens is 327 g/mol. The molecule has 3 aromatic rings. The molecule has 0 N–H and O–H groups in total. The van der Waals surface area contributed by atoms with Crippen molar-refractivity contribution in [2.24, 2.45) is 0 Å². The van der Waals surface area contributed by atoms with Gasteiger partial charge in [-0.2, -0.15) is 0 Å². The number of aryl methyl sites for hydroxylation is 2. The fourth-order valence-electron chi connectivity index (χ4n) is 2.44. The number of fused-ring (bicyclic) bond motifs is 1. The van der Waals surface area contributed by atoms with E-state index in [0.29, 0.717) is 15.9 Å². The fourth-order valence-corrected chi connectivity index (χ4v) is 2.94. The molecule has 21 heavy (non-hydrogen) atoms. The van der Waals surface area contributed by atoms with Crippen LogP contribution in [0.15, 0.2) is 30.3 Å². The Labute approximate surface area is 138 Å². The van der Waals surface area contributed by atoms with Crippen molar-refractivity contribution in [3.8, 4) is 5.69 Å². The van der Waals surface area contributed by atoms with E-state index in [9.17, 15) is 0 Å². The van der Waals surface area contributed by atoms with Gasteiger partial charge < -0.3 is 0 Å². The highest BCUT2D eigenvalue weighted by molar-refractivity contribution is 6.42. The first kappa shape index (κ1) is 14.7. The predicted octanol–water partition coefficient (Wildman–Crippen LogP) is 5.69. The third kappa shape index (κ3) is 2.52. The summed E-state index contributed by atoms with van der Waals surface area (Å²) in [5.41, 5.74) is 5.09. The van der Waals surface area contributed by atoms with Crippen molar-refractivity contribution >= 4 is 45.8 Å². The minimum atomic E-state index is 0.317. The van der Waals surface area contributed by atoms with Crippen molar-refractivity contribution in [3.63, 3.8) is 0 Å². The summed E-state index contributed by atoms with van der Waals surface area (Å²) in [7, 11) is 0. The van der Waals surface area contributed by atoms with Crippen LogP contribution in [0.5, 0.6) is 0 Å². The molecule has 1 aromatic heterocycles. The molecule has 0 aliphatic heterocycles. The molecule has 0 fully saturated rings. The van der Waals surface area contributed by atoms with E-state index in [-0.39, 0.29) is 0 Å². The van der Waals surface area contributed by atoms with Gasteiger partial charge in [0.25, 0.3) is 0 Å². The van der Waals surface area contributed by atoms with Crippen LogP contribution < -0.4 is 0 Å². The van der Waals surface area contributed by atoms with Gasteiger partial charge in [-0.05, 0) is 43.2 Å². The Morgan fingerprint density at radius 1 is 1.05 bits per heavy atom. The molecule has 2 aromatic carbocycles. The minimum Gasteiger partial charge on any atom is -0.295 e. The SMILES string of the molecule is Cc1ccc(C)c(-n2c(CCl)nc3cc(Cl)c(Cl)cc32)c1. The van der Waals surface area contributed by atoms with Gasteiger partial charge in [-0.25, -0.2) is 4.98 Å². The number of rotatable bonds is 2. The zero-order valence-corrected chi connectivity index (χ0v) is 13.9. The van der Waals surface area contributed by atoms with E-state index in [1.807, 2.05) is 10.6 Å². The number of halogens is 3. The summed E-state index contributed by atoms with van der Waals surface area (Å²) in [6, 6.07) is 9.91. The molecule has 0 aliphatic rings. The molecule has 0 spiro atoms. The smallest absolute Gasteiger partial charge is 0.129 e. The monoisotopic (exact) mass is 338 g/mol. The van der Waals surface area contributed by atoms with Crippen LogP contribution in [0.3, 0.4) is 0 Å². The predicted molar refractivity (Wildman–Crippen MR) is 90.1 cm³/mol. The third-order valence-electron chi connectivity index (χ3n) is 3.49. The maximum Gasteiger partial charge on any atom is 0.129 e. The average molecular weight is 340 g/mol. The van der Waals surface area contributed by atoms with Gasteiger partial charge in [0.05, 0.1) is 32.6 Å². The van der Waals surface area contributed by atoms with E-state index in [2.05, 4.69) is 37.0 Å². The van der Waals surface area contributed by atoms with Crippen LogP contribution in [0.1, 0.15) is 17.0 Å². The van der Waals surface area contributed by atoms with Crippen molar-refractivity contribution < 1.29 is 0 Å². The Balaban J connectivity index is 2.40. The summed E-state index contributed by atoms with van der Waals surface area (Å²) in [5, 5.41) is 1.01. The molecule has 0 amide bonds. The Morgan fingerprint density at radius 3 is 2.48 bits per heavy atom. The molecule has 0 bridgehead atoms. The van der Waals surface area contributed by atoms with Crippen LogP contribution in [0.4, 0.5) is 0 Å². The van der Waals surface area contributed by atoms with Crippen LogP contribution in [0.2, 0.25) is 10.0 Å². The first-order valence-corrected chi connectivity index (χ1v) is 7.80. The van der Waals surface area contributed by atoms with E-state index in [1.165, 1.54) is 5.56 Å². The normalized spacial score (nSPS) is 11.3. The first-order chi connectivity index (χ1) is 10.0. The molecule has 2 nitrogen and oxygen atoms in total. The molecule has 0 radical (unpaired) electrons.